The molecule has 0 aromatic rings. The summed E-state index contributed by atoms with van der Waals surface area (Å²) < 4.78 is 0. The third kappa shape index (κ3) is 35.7. The Morgan fingerprint density at radius 3 is 2.08 bits per heavy atom. The van der Waals surface area contributed by atoms with Crippen molar-refractivity contribution in [3.05, 3.63) is 24.3 Å². The zero-order valence-corrected chi connectivity index (χ0v) is 9.72. The third-order valence-electron chi connectivity index (χ3n) is 1.08. The normalized spacial score (nSPS) is 8.15. The quantitative estimate of drug-likeness (QED) is 0.589. The fraction of sp³-hybridized carbons (Fsp3) is 0.583. The fourth-order valence-corrected chi connectivity index (χ4v) is 0.455. The molecule has 1 nitrogen and oxygen atoms in total. The highest BCUT2D eigenvalue weighted by atomic mass is 14.2. The highest BCUT2D eigenvalue weighted by Crippen LogP contribution is 1.96. The van der Waals surface area contributed by atoms with Crippen molar-refractivity contribution in [2.75, 3.05) is 0 Å². The number of rotatable bonds is 3. The van der Waals surface area contributed by atoms with Crippen LogP contribution in [0.5, 0.6) is 0 Å². The van der Waals surface area contributed by atoms with E-state index in [9.17, 15) is 0 Å². The summed E-state index contributed by atoms with van der Waals surface area (Å²) in [6.07, 6.45) is 6.49. The molecule has 0 bridgehead atoms. The average Bonchev–Trinajstić information content (AvgIpc) is 2.18. The molecule has 0 heterocycles. The SMILES string of the molecule is C=C/C(C)=C\CCC.CC.CC#N. The van der Waals surface area contributed by atoms with Gasteiger partial charge in [0.15, 0.2) is 0 Å². The molecule has 1 heteroatoms. The van der Waals surface area contributed by atoms with Crippen molar-refractivity contribution in [3.63, 3.8) is 0 Å². The number of nitriles is 1. The molecule has 0 aliphatic carbocycles. The molecule has 0 fully saturated rings. The lowest BCUT2D eigenvalue weighted by Gasteiger charge is -1.87. The van der Waals surface area contributed by atoms with Gasteiger partial charge in [-0.3, -0.25) is 0 Å². The first-order valence-corrected chi connectivity index (χ1v) is 4.82. The molecule has 0 atom stereocenters. The van der Waals surface area contributed by atoms with E-state index < -0.39 is 0 Å². The van der Waals surface area contributed by atoms with Gasteiger partial charge in [0, 0.05) is 6.92 Å². The van der Waals surface area contributed by atoms with E-state index in [-0.39, 0.29) is 0 Å². The second-order valence-electron chi connectivity index (χ2n) is 2.16. The summed E-state index contributed by atoms with van der Waals surface area (Å²) in [5.74, 6) is 0. The van der Waals surface area contributed by atoms with E-state index in [1.54, 1.807) is 6.07 Å². The second kappa shape index (κ2) is 22.4. The molecule has 76 valence electrons. The fourth-order valence-electron chi connectivity index (χ4n) is 0.455. The number of hydrogen-bond acceptors (Lipinski definition) is 1. The highest BCUT2D eigenvalue weighted by molar-refractivity contribution is 5.12. The topological polar surface area (TPSA) is 23.8 Å². The van der Waals surface area contributed by atoms with E-state index in [0.29, 0.717) is 0 Å². The number of unbranched alkanes of at least 4 members (excludes halogenated alkanes) is 1. The summed E-state index contributed by atoms with van der Waals surface area (Å²) in [5, 5.41) is 7.32. The molecule has 0 aromatic heterocycles. The van der Waals surface area contributed by atoms with Crippen LogP contribution >= 0.6 is 0 Å². The highest BCUT2D eigenvalue weighted by Gasteiger charge is 1.76. The van der Waals surface area contributed by atoms with Gasteiger partial charge in [0.05, 0.1) is 6.07 Å². The Balaban J connectivity index is -0.000000169. The van der Waals surface area contributed by atoms with E-state index in [4.69, 9.17) is 5.26 Å². The minimum absolute atomic E-state index is 1.18. The van der Waals surface area contributed by atoms with Gasteiger partial charge in [0.25, 0.3) is 0 Å². The lowest BCUT2D eigenvalue weighted by atomic mass is 10.2. The Morgan fingerprint density at radius 2 is 1.85 bits per heavy atom. The Labute approximate surface area is 83.8 Å². The standard InChI is InChI=1S/C8H14.C2H3N.C2H6/c1-4-6-7-8(3)5-2;1-2-3;1-2/h5,7H,2,4,6H2,1,3H3;1H3;1-2H3/b8-7-;;. The lowest BCUT2D eigenvalue weighted by molar-refractivity contribution is 0.952. The van der Waals surface area contributed by atoms with Crippen molar-refractivity contribution in [1.29, 1.82) is 5.26 Å². The molecule has 0 aliphatic heterocycles. The molecular weight excluding hydrogens is 158 g/mol. The van der Waals surface area contributed by atoms with E-state index in [0.717, 1.165) is 0 Å². The summed E-state index contributed by atoms with van der Waals surface area (Å²) >= 11 is 0. The first kappa shape index (κ1) is 17.9. The first-order chi connectivity index (χ1) is 6.22. The Morgan fingerprint density at radius 1 is 1.46 bits per heavy atom. The van der Waals surface area contributed by atoms with Crippen molar-refractivity contribution in [2.45, 2.75) is 47.5 Å². The Kier molecular flexibility index (Phi) is 30.9. The van der Waals surface area contributed by atoms with E-state index in [1.165, 1.54) is 25.3 Å². The Bertz CT molecular complexity index is 149. The van der Waals surface area contributed by atoms with Crippen LogP contribution < -0.4 is 0 Å². The van der Waals surface area contributed by atoms with Gasteiger partial charge in [-0.1, -0.05) is 51.5 Å². The summed E-state index contributed by atoms with van der Waals surface area (Å²) in [4.78, 5) is 0. The maximum absolute atomic E-state index is 7.32. The van der Waals surface area contributed by atoms with Crippen LogP contribution in [0.15, 0.2) is 24.3 Å². The smallest absolute Gasteiger partial charge is 0.0587 e. The van der Waals surface area contributed by atoms with Crippen molar-refractivity contribution in [2.24, 2.45) is 0 Å². The summed E-state index contributed by atoms with van der Waals surface area (Å²) in [6, 6.07) is 1.75. The predicted octanol–water partition coefficient (Wildman–Crippen LogP) is 4.47. The molecule has 0 spiro atoms. The molecule has 0 N–H and O–H groups in total. The lowest BCUT2D eigenvalue weighted by Crippen LogP contribution is -1.66. The van der Waals surface area contributed by atoms with Crippen molar-refractivity contribution in [3.8, 4) is 6.07 Å². The van der Waals surface area contributed by atoms with Gasteiger partial charge in [-0.15, -0.1) is 0 Å². The van der Waals surface area contributed by atoms with Gasteiger partial charge in [0.2, 0.25) is 0 Å². The number of hydrogen-bond donors (Lipinski definition) is 0. The maximum Gasteiger partial charge on any atom is 0.0587 e. The summed E-state index contributed by atoms with van der Waals surface area (Å²) in [7, 11) is 0. The van der Waals surface area contributed by atoms with E-state index in [1.807, 2.05) is 19.9 Å². The number of nitrogens with zero attached hydrogens (tertiary/aromatic N) is 1. The molecule has 0 aromatic carbocycles. The van der Waals surface area contributed by atoms with Gasteiger partial charge in [-0.05, 0) is 13.3 Å². The van der Waals surface area contributed by atoms with Crippen molar-refractivity contribution < 1.29 is 0 Å². The largest absolute Gasteiger partial charge is 0.199 e. The van der Waals surface area contributed by atoms with Crippen LogP contribution in [0.2, 0.25) is 0 Å². The van der Waals surface area contributed by atoms with Crippen LogP contribution in [0.4, 0.5) is 0 Å². The van der Waals surface area contributed by atoms with Crippen LogP contribution in [0.1, 0.15) is 47.5 Å². The first-order valence-electron chi connectivity index (χ1n) is 4.82. The Hall–Kier alpha value is -1.03. The zero-order valence-electron chi connectivity index (χ0n) is 9.72. The van der Waals surface area contributed by atoms with Crippen molar-refractivity contribution >= 4 is 0 Å². The summed E-state index contributed by atoms with van der Waals surface area (Å²) in [6.45, 7) is 13.3. The van der Waals surface area contributed by atoms with E-state index >= 15 is 0 Å². The van der Waals surface area contributed by atoms with Crippen LogP contribution in [0.3, 0.4) is 0 Å². The van der Waals surface area contributed by atoms with Gasteiger partial charge >= 0.3 is 0 Å². The minimum Gasteiger partial charge on any atom is -0.199 e. The van der Waals surface area contributed by atoms with Crippen LogP contribution in [-0.4, -0.2) is 0 Å². The molecule has 0 saturated heterocycles. The second-order valence-corrected chi connectivity index (χ2v) is 2.16. The molecule has 0 saturated carbocycles. The number of allylic oxidation sites excluding steroid dienone is 3. The zero-order chi connectivity index (χ0) is 11.1. The molecule has 0 radical (unpaired) electrons. The van der Waals surface area contributed by atoms with E-state index in [2.05, 4.69) is 26.5 Å². The molecule has 0 aliphatic rings. The monoisotopic (exact) mass is 181 g/mol. The van der Waals surface area contributed by atoms with Gasteiger partial charge < -0.3 is 0 Å². The van der Waals surface area contributed by atoms with Crippen LogP contribution in [0, 0.1) is 11.3 Å². The van der Waals surface area contributed by atoms with Gasteiger partial charge in [0.1, 0.15) is 0 Å². The summed E-state index contributed by atoms with van der Waals surface area (Å²) in [5.41, 5.74) is 1.28. The van der Waals surface area contributed by atoms with Crippen molar-refractivity contribution in [1.82, 2.24) is 0 Å². The molecule has 13 heavy (non-hydrogen) atoms. The molecule has 0 rings (SSSR count). The molecule has 0 amide bonds. The van der Waals surface area contributed by atoms with Gasteiger partial charge in [-0.25, -0.2) is 0 Å². The van der Waals surface area contributed by atoms with Crippen LogP contribution in [0.25, 0.3) is 0 Å². The third-order valence-corrected chi connectivity index (χ3v) is 1.08. The molecule has 0 unspecified atom stereocenters. The average molecular weight is 181 g/mol. The maximum atomic E-state index is 7.32. The minimum atomic E-state index is 1.18. The predicted molar refractivity (Wildman–Crippen MR) is 61.5 cm³/mol. The van der Waals surface area contributed by atoms with Crippen LogP contribution in [-0.2, 0) is 0 Å². The van der Waals surface area contributed by atoms with Gasteiger partial charge in [-0.2, -0.15) is 5.26 Å². The molecular formula is C12H23N.